The summed E-state index contributed by atoms with van der Waals surface area (Å²) >= 11 is 0. The number of rotatable bonds is 6. The third-order valence-electron chi connectivity index (χ3n) is 6.93. The second kappa shape index (κ2) is 10.3. The number of piperidine rings is 1. The van der Waals surface area contributed by atoms with Gasteiger partial charge in [-0.05, 0) is 82.9 Å². The monoisotopic (exact) mass is 498 g/mol. The highest BCUT2D eigenvalue weighted by Crippen LogP contribution is 2.31. The number of alkyl carbamates (subject to hydrolysis) is 1. The van der Waals surface area contributed by atoms with E-state index in [-0.39, 0.29) is 30.1 Å². The average molecular weight is 499 g/mol. The molecular formula is C26H34N4O6. The van der Waals surface area contributed by atoms with Crippen LogP contribution in [0.3, 0.4) is 0 Å². The summed E-state index contributed by atoms with van der Waals surface area (Å²) in [5.41, 5.74) is 0.778. The molecule has 1 unspecified atom stereocenters. The van der Waals surface area contributed by atoms with Crippen molar-refractivity contribution in [1.29, 1.82) is 0 Å². The molecule has 2 heterocycles. The van der Waals surface area contributed by atoms with Crippen LogP contribution in [0, 0.1) is 11.8 Å². The quantitative estimate of drug-likeness (QED) is 0.514. The molecule has 0 radical (unpaired) electrons. The number of anilines is 1. The first kappa shape index (κ1) is 25.7. The fourth-order valence-electron chi connectivity index (χ4n) is 5.02. The lowest BCUT2D eigenvalue weighted by Crippen LogP contribution is -2.54. The van der Waals surface area contributed by atoms with Crippen LogP contribution in [0.5, 0.6) is 0 Å². The van der Waals surface area contributed by atoms with E-state index in [1.165, 1.54) is 0 Å². The molecule has 36 heavy (non-hydrogen) atoms. The standard InChI is InChI=1S/C26H34N4O6/c1-26(2,3)36-25(35)28-14-16-6-4-15(5-7-16)13-27-17-8-9-18-19(12-17)24(34)30(23(18)33)20-10-11-21(31)29-22(20)32/h8-9,12,15-16,20,27H,4-7,10-11,13-14H2,1-3H3,(H,28,35)(H,29,31,32)/t15-,16-,20?. The predicted molar refractivity (Wildman–Crippen MR) is 131 cm³/mol. The maximum Gasteiger partial charge on any atom is 0.407 e. The highest BCUT2D eigenvalue weighted by atomic mass is 16.6. The Balaban J connectivity index is 1.27. The zero-order chi connectivity index (χ0) is 26.0. The number of carbonyl (C=O) groups excluding carboxylic acids is 5. The lowest BCUT2D eigenvalue weighted by atomic mass is 9.82. The van der Waals surface area contributed by atoms with Crippen molar-refractivity contribution in [3.8, 4) is 0 Å². The van der Waals surface area contributed by atoms with Crippen molar-refractivity contribution in [3.05, 3.63) is 29.3 Å². The van der Waals surface area contributed by atoms with E-state index in [1.807, 2.05) is 20.8 Å². The number of ether oxygens (including phenoxy) is 1. The summed E-state index contributed by atoms with van der Waals surface area (Å²) in [5.74, 6) is -1.13. The van der Waals surface area contributed by atoms with E-state index in [1.54, 1.807) is 18.2 Å². The molecule has 194 valence electrons. The number of amides is 5. The Hall–Kier alpha value is -3.43. The molecule has 1 aliphatic carbocycles. The first-order valence-corrected chi connectivity index (χ1v) is 12.6. The molecule has 3 aliphatic rings. The third kappa shape index (κ3) is 5.85. The lowest BCUT2D eigenvalue weighted by Gasteiger charge is -2.29. The molecule has 1 saturated heterocycles. The van der Waals surface area contributed by atoms with Crippen LogP contribution < -0.4 is 16.0 Å². The smallest absolute Gasteiger partial charge is 0.407 e. The van der Waals surface area contributed by atoms with Crippen molar-refractivity contribution in [2.75, 3.05) is 18.4 Å². The fraction of sp³-hybridized carbons (Fsp3) is 0.577. The zero-order valence-corrected chi connectivity index (χ0v) is 21.0. The molecular weight excluding hydrogens is 464 g/mol. The highest BCUT2D eigenvalue weighted by Gasteiger charge is 2.44. The summed E-state index contributed by atoms with van der Waals surface area (Å²) in [6.45, 7) is 6.87. The predicted octanol–water partition coefficient (Wildman–Crippen LogP) is 2.83. The molecule has 0 aromatic heterocycles. The van der Waals surface area contributed by atoms with Crippen LogP contribution in [-0.4, -0.2) is 59.4 Å². The van der Waals surface area contributed by atoms with E-state index in [4.69, 9.17) is 4.74 Å². The average Bonchev–Trinajstić information content (AvgIpc) is 3.05. The molecule has 0 spiro atoms. The number of benzene rings is 1. The molecule has 1 aromatic carbocycles. The molecule has 0 bridgehead atoms. The Morgan fingerprint density at radius 1 is 0.972 bits per heavy atom. The number of hydrogen-bond donors (Lipinski definition) is 3. The molecule has 4 rings (SSSR count). The topological polar surface area (TPSA) is 134 Å². The molecule has 10 nitrogen and oxygen atoms in total. The molecule has 1 saturated carbocycles. The zero-order valence-electron chi connectivity index (χ0n) is 21.0. The summed E-state index contributed by atoms with van der Waals surface area (Å²) in [4.78, 5) is 62.3. The van der Waals surface area contributed by atoms with E-state index < -0.39 is 35.3 Å². The van der Waals surface area contributed by atoms with E-state index in [2.05, 4.69) is 16.0 Å². The highest BCUT2D eigenvalue weighted by molar-refractivity contribution is 6.23. The second-order valence-electron chi connectivity index (χ2n) is 10.9. The number of nitrogens with zero attached hydrogens (tertiary/aromatic N) is 1. The van der Waals surface area contributed by atoms with Gasteiger partial charge in [0, 0.05) is 25.2 Å². The second-order valence-corrected chi connectivity index (χ2v) is 10.9. The number of imide groups is 2. The Kier molecular flexibility index (Phi) is 7.33. The van der Waals surface area contributed by atoms with Gasteiger partial charge in [0.2, 0.25) is 11.8 Å². The summed E-state index contributed by atoms with van der Waals surface area (Å²) in [6.07, 6.45) is 3.93. The largest absolute Gasteiger partial charge is 0.444 e. The number of carbonyl (C=O) groups is 5. The molecule has 3 N–H and O–H groups in total. The Morgan fingerprint density at radius 3 is 2.25 bits per heavy atom. The molecule has 5 amide bonds. The molecule has 2 fully saturated rings. The van der Waals surface area contributed by atoms with Gasteiger partial charge in [-0.3, -0.25) is 29.4 Å². The van der Waals surface area contributed by atoms with Gasteiger partial charge >= 0.3 is 6.09 Å². The van der Waals surface area contributed by atoms with Crippen LogP contribution in [0.2, 0.25) is 0 Å². The minimum absolute atomic E-state index is 0.0932. The molecule has 10 heteroatoms. The van der Waals surface area contributed by atoms with E-state index >= 15 is 0 Å². The number of nitrogens with one attached hydrogen (secondary N) is 3. The minimum Gasteiger partial charge on any atom is -0.444 e. The Labute approximate surface area is 210 Å². The number of hydrogen-bond acceptors (Lipinski definition) is 7. The van der Waals surface area contributed by atoms with Gasteiger partial charge in [0.15, 0.2) is 0 Å². The Bertz CT molecular complexity index is 1070. The van der Waals surface area contributed by atoms with Crippen molar-refractivity contribution in [2.24, 2.45) is 11.8 Å². The van der Waals surface area contributed by atoms with Gasteiger partial charge < -0.3 is 15.4 Å². The van der Waals surface area contributed by atoms with Crippen molar-refractivity contribution in [1.82, 2.24) is 15.5 Å². The van der Waals surface area contributed by atoms with Gasteiger partial charge in [0.25, 0.3) is 11.8 Å². The first-order valence-electron chi connectivity index (χ1n) is 12.6. The lowest BCUT2D eigenvalue weighted by molar-refractivity contribution is -0.136. The maximum absolute atomic E-state index is 13.0. The fourth-order valence-corrected chi connectivity index (χ4v) is 5.02. The van der Waals surface area contributed by atoms with Gasteiger partial charge in [0.1, 0.15) is 11.6 Å². The Morgan fingerprint density at radius 2 is 1.61 bits per heavy atom. The third-order valence-corrected chi connectivity index (χ3v) is 6.93. The maximum atomic E-state index is 13.0. The van der Waals surface area contributed by atoms with Gasteiger partial charge in [0.05, 0.1) is 11.1 Å². The molecule has 2 aliphatic heterocycles. The van der Waals surface area contributed by atoms with Gasteiger partial charge in [-0.2, -0.15) is 0 Å². The van der Waals surface area contributed by atoms with Crippen LogP contribution in [-0.2, 0) is 14.3 Å². The minimum atomic E-state index is -0.966. The van der Waals surface area contributed by atoms with E-state index in [0.717, 1.165) is 42.8 Å². The van der Waals surface area contributed by atoms with Crippen molar-refractivity contribution in [3.63, 3.8) is 0 Å². The van der Waals surface area contributed by atoms with Crippen LogP contribution >= 0.6 is 0 Å². The van der Waals surface area contributed by atoms with Crippen LogP contribution in [0.15, 0.2) is 18.2 Å². The van der Waals surface area contributed by atoms with Crippen molar-refractivity contribution in [2.45, 2.75) is 70.9 Å². The SMILES string of the molecule is CC(C)(C)OC(=O)NC[C@H]1CC[C@H](CNc2ccc3c(c2)C(=O)N(C2CCC(=O)NC2=O)C3=O)CC1. The van der Waals surface area contributed by atoms with Crippen molar-refractivity contribution < 1.29 is 28.7 Å². The van der Waals surface area contributed by atoms with Gasteiger partial charge in [-0.1, -0.05) is 0 Å². The van der Waals surface area contributed by atoms with E-state index in [0.29, 0.717) is 18.4 Å². The van der Waals surface area contributed by atoms with Crippen LogP contribution in [0.4, 0.5) is 10.5 Å². The summed E-state index contributed by atoms with van der Waals surface area (Å²) in [6, 6.07) is 4.08. The number of fused-ring (bicyclic) bond motifs is 1. The van der Waals surface area contributed by atoms with Gasteiger partial charge in [-0.25, -0.2) is 4.79 Å². The first-order chi connectivity index (χ1) is 17.0. The molecule has 1 aromatic rings. The summed E-state index contributed by atoms with van der Waals surface area (Å²) < 4.78 is 5.29. The van der Waals surface area contributed by atoms with Crippen LogP contribution in [0.25, 0.3) is 0 Å². The van der Waals surface area contributed by atoms with Crippen molar-refractivity contribution >= 4 is 35.4 Å². The van der Waals surface area contributed by atoms with Crippen LogP contribution in [0.1, 0.15) is 80.0 Å². The summed E-state index contributed by atoms with van der Waals surface area (Å²) in [5, 5.41) is 8.45. The summed E-state index contributed by atoms with van der Waals surface area (Å²) in [7, 11) is 0. The van der Waals surface area contributed by atoms with Gasteiger partial charge in [-0.15, -0.1) is 0 Å². The molecule has 1 atom stereocenters. The van der Waals surface area contributed by atoms with E-state index in [9.17, 15) is 24.0 Å². The normalized spacial score (nSPS) is 24.3.